The molecule has 0 spiro atoms. The van der Waals surface area contributed by atoms with Gasteiger partial charge < -0.3 is 10.1 Å². The van der Waals surface area contributed by atoms with Crippen LogP contribution in [0.5, 0.6) is 0 Å². The molecule has 0 amide bonds. The summed E-state index contributed by atoms with van der Waals surface area (Å²) in [5.74, 6) is -0.118. The molecule has 1 heterocycles. The van der Waals surface area contributed by atoms with E-state index in [-0.39, 0.29) is 12.0 Å². The first-order valence-corrected chi connectivity index (χ1v) is 7.71. The largest absolute Gasteiger partial charge is 0.465 e. The molecule has 1 aliphatic rings. The molecule has 1 atom stereocenters. The maximum Gasteiger partial charge on any atom is 0.324 e. The van der Waals surface area contributed by atoms with Gasteiger partial charge in [-0.3, -0.25) is 9.69 Å². The zero-order chi connectivity index (χ0) is 15.4. The van der Waals surface area contributed by atoms with Crippen molar-refractivity contribution in [3.63, 3.8) is 0 Å². The molecule has 1 aliphatic heterocycles. The SMILES string of the molecule is CCOC(=O)C1CNCCN1Cc1c(C)cc(C)cc1C. The highest BCUT2D eigenvalue weighted by Crippen LogP contribution is 2.20. The van der Waals surface area contributed by atoms with Crippen LogP contribution in [0.15, 0.2) is 12.1 Å². The van der Waals surface area contributed by atoms with Gasteiger partial charge in [-0.2, -0.15) is 0 Å². The molecule has 4 nitrogen and oxygen atoms in total. The zero-order valence-corrected chi connectivity index (χ0v) is 13.5. The Morgan fingerprint density at radius 1 is 1.33 bits per heavy atom. The first-order valence-electron chi connectivity index (χ1n) is 7.71. The van der Waals surface area contributed by atoms with E-state index in [1.165, 1.54) is 22.3 Å². The van der Waals surface area contributed by atoms with Crippen molar-refractivity contribution >= 4 is 5.97 Å². The molecule has 1 unspecified atom stereocenters. The summed E-state index contributed by atoms with van der Waals surface area (Å²) < 4.78 is 5.21. The van der Waals surface area contributed by atoms with Gasteiger partial charge in [0.2, 0.25) is 0 Å². The second-order valence-corrected chi connectivity index (χ2v) is 5.82. The highest BCUT2D eigenvalue weighted by atomic mass is 16.5. The number of piperazine rings is 1. The summed E-state index contributed by atoms with van der Waals surface area (Å²) in [6.07, 6.45) is 0. The molecule has 0 bridgehead atoms. The highest BCUT2D eigenvalue weighted by Gasteiger charge is 2.30. The Morgan fingerprint density at radius 2 is 2.00 bits per heavy atom. The van der Waals surface area contributed by atoms with Crippen molar-refractivity contribution in [2.45, 2.75) is 40.3 Å². The van der Waals surface area contributed by atoms with E-state index >= 15 is 0 Å². The van der Waals surface area contributed by atoms with Crippen LogP contribution in [0.4, 0.5) is 0 Å². The van der Waals surface area contributed by atoms with Gasteiger partial charge in [0.15, 0.2) is 0 Å². The molecular weight excluding hydrogens is 264 g/mol. The molecule has 116 valence electrons. The van der Waals surface area contributed by atoms with Crippen LogP contribution >= 0.6 is 0 Å². The molecule has 0 saturated carbocycles. The van der Waals surface area contributed by atoms with E-state index in [2.05, 4.69) is 43.1 Å². The van der Waals surface area contributed by atoms with Crippen LogP contribution in [0.1, 0.15) is 29.2 Å². The molecule has 2 rings (SSSR count). The molecule has 0 aliphatic carbocycles. The number of aryl methyl sites for hydroxylation is 3. The molecule has 1 N–H and O–H groups in total. The second kappa shape index (κ2) is 7.05. The minimum Gasteiger partial charge on any atom is -0.465 e. The Hall–Kier alpha value is -1.39. The number of benzene rings is 1. The number of hydrogen-bond donors (Lipinski definition) is 1. The normalized spacial score (nSPS) is 19.5. The van der Waals surface area contributed by atoms with Crippen molar-refractivity contribution in [1.29, 1.82) is 0 Å². The number of esters is 1. The predicted octanol–water partition coefficient (Wildman–Crippen LogP) is 1.95. The third-order valence-electron chi connectivity index (χ3n) is 4.11. The third kappa shape index (κ3) is 3.83. The van der Waals surface area contributed by atoms with Crippen LogP contribution in [-0.2, 0) is 16.1 Å². The Kier molecular flexibility index (Phi) is 5.37. The summed E-state index contributed by atoms with van der Waals surface area (Å²) in [7, 11) is 0. The first-order chi connectivity index (χ1) is 10.0. The van der Waals surface area contributed by atoms with Crippen molar-refractivity contribution in [1.82, 2.24) is 10.2 Å². The number of ether oxygens (including phenoxy) is 1. The van der Waals surface area contributed by atoms with Gasteiger partial charge in [-0.25, -0.2) is 0 Å². The third-order valence-corrected chi connectivity index (χ3v) is 4.11. The van der Waals surface area contributed by atoms with Gasteiger partial charge in [0, 0.05) is 26.2 Å². The first kappa shape index (κ1) is 16.0. The monoisotopic (exact) mass is 290 g/mol. The summed E-state index contributed by atoms with van der Waals surface area (Å²) in [5.41, 5.74) is 5.22. The van der Waals surface area contributed by atoms with Crippen molar-refractivity contribution < 1.29 is 9.53 Å². The number of hydrogen-bond acceptors (Lipinski definition) is 4. The molecular formula is C17H26N2O2. The highest BCUT2D eigenvalue weighted by molar-refractivity contribution is 5.76. The average Bonchev–Trinajstić information content (AvgIpc) is 2.43. The lowest BCUT2D eigenvalue weighted by Gasteiger charge is -2.35. The lowest BCUT2D eigenvalue weighted by atomic mass is 9.98. The fraction of sp³-hybridized carbons (Fsp3) is 0.588. The lowest BCUT2D eigenvalue weighted by Crippen LogP contribution is -2.55. The van der Waals surface area contributed by atoms with Crippen LogP contribution in [-0.4, -0.2) is 43.2 Å². The molecule has 1 saturated heterocycles. The minimum atomic E-state index is -0.182. The quantitative estimate of drug-likeness (QED) is 0.861. The number of carbonyl (C=O) groups is 1. The van der Waals surface area contributed by atoms with E-state index in [9.17, 15) is 4.79 Å². The molecule has 4 heteroatoms. The summed E-state index contributed by atoms with van der Waals surface area (Å²) in [6, 6.07) is 4.24. The van der Waals surface area contributed by atoms with E-state index in [0.717, 1.165) is 19.6 Å². The number of nitrogens with zero attached hydrogens (tertiary/aromatic N) is 1. The fourth-order valence-corrected chi connectivity index (χ4v) is 3.07. The number of carbonyl (C=O) groups excluding carboxylic acids is 1. The smallest absolute Gasteiger partial charge is 0.324 e. The summed E-state index contributed by atoms with van der Waals surface area (Å²) in [6.45, 7) is 12.0. The van der Waals surface area contributed by atoms with Gasteiger partial charge >= 0.3 is 5.97 Å². The number of rotatable bonds is 4. The molecule has 0 aromatic heterocycles. The van der Waals surface area contributed by atoms with Gasteiger partial charge in [-0.15, -0.1) is 0 Å². The summed E-state index contributed by atoms with van der Waals surface area (Å²) >= 11 is 0. The Morgan fingerprint density at radius 3 is 2.62 bits per heavy atom. The van der Waals surface area contributed by atoms with E-state index in [1.807, 2.05) is 6.92 Å². The minimum absolute atomic E-state index is 0.118. The zero-order valence-electron chi connectivity index (χ0n) is 13.5. The van der Waals surface area contributed by atoms with Crippen molar-refractivity contribution in [3.8, 4) is 0 Å². The molecule has 1 aromatic rings. The van der Waals surface area contributed by atoms with Crippen LogP contribution in [0.2, 0.25) is 0 Å². The maximum absolute atomic E-state index is 12.1. The van der Waals surface area contributed by atoms with Crippen molar-refractivity contribution in [2.75, 3.05) is 26.2 Å². The maximum atomic E-state index is 12.1. The van der Waals surface area contributed by atoms with E-state index in [4.69, 9.17) is 4.74 Å². The van der Waals surface area contributed by atoms with E-state index in [0.29, 0.717) is 13.2 Å². The average molecular weight is 290 g/mol. The predicted molar refractivity (Wildman–Crippen MR) is 84.4 cm³/mol. The van der Waals surface area contributed by atoms with Crippen molar-refractivity contribution in [3.05, 3.63) is 34.4 Å². The van der Waals surface area contributed by atoms with Gasteiger partial charge in [0.1, 0.15) is 6.04 Å². The van der Waals surface area contributed by atoms with E-state index in [1.54, 1.807) is 0 Å². The Balaban J connectivity index is 2.18. The summed E-state index contributed by atoms with van der Waals surface area (Å²) in [5, 5.41) is 3.29. The second-order valence-electron chi connectivity index (χ2n) is 5.82. The van der Waals surface area contributed by atoms with Gasteiger partial charge in [-0.1, -0.05) is 17.7 Å². The topological polar surface area (TPSA) is 41.6 Å². The Labute approximate surface area is 127 Å². The lowest BCUT2D eigenvalue weighted by molar-refractivity contribution is -0.150. The standard InChI is InChI=1S/C17H26N2O2/c1-5-21-17(20)16-10-18-6-7-19(16)11-15-13(3)8-12(2)9-14(15)4/h8-9,16,18H,5-7,10-11H2,1-4H3. The molecule has 21 heavy (non-hydrogen) atoms. The van der Waals surface area contributed by atoms with Crippen LogP contribution in [0, 0.1) is 20.8 Å². The molecule has 0 radical (unpaired) electrons. The van der Waals surface area contributed by atoms with E-state index < -0.39 is 0 Å². The fourth-order valence-electron chi connectivity index (χ4n) is 3.07. The summed E-state index contributed by atoms with van der Waals surface area (Å²) in [4.78, 5) is 14.4. The van der Waals surface area contributed by atoms with Crippen LogP contribution in [0.25, 0.3) is 0 Å². The van der Waals surface area contributed by atoms with Crippen LogP contribution < -0.4 is 5.32 Å². The van der Waals surface area contributed by atoms with Gasteiger partial charge in [0.25, 0.3) is 0 Å². The molecule has 1 fully saturated rings. The van der Waals surface area contributed by atoms with Crippen molar-refractivity contribution in [2.24, 2.45) is 0 Å². The Bertz CT molecular complexity index is 491. The van der Waals surface area contributed by atoms with Crippen LogP contribution in [0.3, 0.4) is 0 Å². The van der Waals surface area contributed by atoms with Gasteiger partial charge in [0.05, 0.1) is 6.61 Å². The number of nitrogens with one attached hydrogen (secondary N) is 1. The van der Waals surface area contributed by atoms with Gasteiger partial charge in [-0.05, 0) is 44.4 Å². The molecule has 1 aromatic carbocycles.